The highest BCUT2D eigenvalue weighted by Crippen LogP contribution is 2.30. The number of nitrogens with one attached hydrogen (secondary N) is 1. The van der Waals surface area contributed by atoms with Crippen molar-refractivity contribution in [1.82, 2.24) is 0 Å². The molecular formula is C27H28BrNO2. The Kier molecular flexibility index (Phi) is 7.34. The molecule has 4 heteroatoms. The zero-order valence-corrected chi connectivity index (χ0v) is 20.0. The standard InChI is InChI=1S/C27H28BrNO2/c1-19-5-7-21(8-6-19)18-31-23-13-9-20(10-14-23)11-16-26(30)29-25-15-12-22(17-24(25)28)27(2,3)4/h5-17H,18H2,1-4H3,(H,29,30)/b16-11+. The van der Waals surface area contributed by atoms with Crippen molar-refractivity contribution in [3.05, 3.63) is 99.5 Å². The normalized spacial score (nSPS) is 11.5. The first-order valence-corrected chi connectivity index (χ1v) is 11.1. The molecule has 3 aromatic carbocycles. The van der Waals surface area contributed by atoms with Crippen LogP contribution in [0.5, 0.6) is 5.75 Å². The second-order valence-electron chi connectivity index (χ2n) is 8.61. The number of rotatable bonds is 6. The Hall–Kier alpha value is -2.85. The summed E-state index contributed by atoms with van der Waals surface area (Å²) in [7, 11) is 0. The van der Waals surface area contributed by atoms with Gasteiger partial charge in [0.15, 0.2) is 0 Å². The van der Waals surface area contributed by atoms with Crippen molar-refractivity contribution in [2.24, 2.45) is 0 Å². The van der Waals surface area contributed by atoms with E-state index < -0.39 is 0 Å². The topological polar surface area (TPSA) is 38.3 Å². The van der Waals surface area contributed by atoms with Gasteiger partial charge in [0.25, 0.3) is 0 Å². The molecule has 0 bridgehead atoms. The van der Waals surface area contributed by atoms with E-state index in [0.717, 1.165) is 27.0 Å². The van der Waals surface area contributed by atoms with Crippen LogP contribution >= 0.6 is 15.9 Å². The summed E-state index contributed by atoms with van der Waals surface area (Å²) in [5.41, 5.74) is 5.31. The van der Waals surface area contributed by atoms with Gasteiger partial charge in [0, 0.05) is 10.5 Å². The van der Waals surface area contributed by atoms with Crippen LogP contribution in [-0.2, 0) is 16.8 Å². The molecule has 0 radical (unpaired) electrons. The number of carbonyl (C=O) groups excluding carboxylic acids is 1. The zero-order valence-electron chi connectivity index (χ0n) is 18.4. The number of aryl methyl sites for hydroxylation is 1. The number of anilines is 1. The van der Waals surface area contributed by atoms with E-state index in [0.29, 0.717) is 6.61 Å². The van der Waals surface area contributed by atoms with Crippen molar-refractivity contribution in [1.29, 1.82) is 0 Å². The van der Waals surface area contributed by atoms with Crippen molar-refractivity contribution < 1.29 is 9.53 Å². The Morgan fingerprint density at radius 3 is 2.29 bits per heavy atom. The second kappa shape index (κ2) is 9.97. The third kappa shape index (κ3) is 6.83. The molecule has 0 aliphatic heterocycles. The Morgan fingerprint density at radius 1 is 1.00 bits per heavy atom. The first-order valence-electron chi connectivity index (χ1n) is 10.3. The Morgan fingerprint density at radius 2 is 1.68 bits per heavy atom. The van der Waals surface area contributed by atoms with Gasteiger partial charge in [0.05, 0.1) is 5.69 Å². The van der Waals surface area contributed by atoms with E-state index in [4.69, 9.17) is 4.74 Å². The maximum absolute atomic E-state index is 12.3. The molecule has 0 aromatic heterocycles. The molecule has 0 aliphatic carbocycles. The average molecular weight is 478 g/mol. The Balaban J connectivity index is 1.55. The molecule has 3 aromatic rings. The second-order valence-corrected chi connectivity index (χ2v) is 9.46. The molecule has 0 atom stereocenters. The molecule has 0 aliphatic rings. The van der Waals surface area contributed by atoms with Crippen LogP contribution < -0.4 is 10.1 Å². The van der Waals surface area contributed by atoms with E-state index in [2.05, 4.69) is 79.3 Å². The number of halogens is 1. The maximum atomic E-state index is 12.3. The largest absolute Gasteiger partial charge is 0.489 e. The molecule has 3 nitrogen and oxygen atoms in total. The third-order valence-electron chi connectivity index (χ3n) is 4.93. The molecule has 0 spiro atoms. The molecular weight excluding hydrogens is 450 g/mol. The predicted molar refractivity (Wildman–Crippen MR) is 132 cm³/mol. The van der Waals surface area contributed by atoms with E-state index in [-0.39, 0.29) is 11.3 Å². The van der Waals surface area contributed by atoms with E-state index in [1.54, 1.807) is 6.08 Å². The van der Waals surface area contributed by atoms with Crippen LogP contribution in [0.15, 0.2) is 77.3 Å². The van der Waals surface area contributed by atoms with Gasteiger partial charge < -0.3 is 10.1 Å². The Labute approximate surface area is 193 Å². The number of hydrogen-bond acceptors (Lipinski definition) is 2. The fourth-order valence-electron chi connectivity index (χ4n) is 2.96. The molecule has 0 saturated heterocycles. The van der Waals surface area contributed by atoms with E-state index in [1.807, 2.05) is 36.4 Å². The van der Waals surface area contributed by atoms with Crippen LogP contribution in [0.4, 0.5) is 5.69 Å². The van der Waals surface area contributed by atoms with Gasteiger partial charge in [-0.2, -0.15) is 0 Å². The highest BCUT2D eigenvalue weighted by molar-refractivity contribution is 9.10. The van der Waals surface area contributed by atoms with Crippen molar-refractivity contribution >= 4 is 33.6 Å². The van der Waals surface area contributed by atoms with Gasteiger partial charge in [-0.05, 0) is 75.3 Å². The monoisotopic (exact) mass is 477 g/mol. The summed E-state index contributed by atoms with van der Waals surface area (Å²) >= 11 is 3.55. The first kappa shape index (κ1) is 22.8. The highest BCUT2D eigenvalue weighted by atomic mass is 79.9. The summed E-state index contributed by atoms with van der Waals surface area (Å²) in [4.78, 5) is 12.3. The molecule has 0 unspecified atom stereocenters. The lowest BCUT2D eigenvalue weighted by molar-refractivity contribution is -0.111. The summed E-state index contributed by atoms with van der Waals surface area (Å²) in [6.45, 7) is 9.08. The SMILES string of the molecule is Cc1ccc(COc2ccc(/C=C/C(=O)Nc3ccc(C(C)(C)C)cc3Br)cc2)cc1. The van der Waals surface area contributed by atoms with Crippen molar-refractivity contribution in [3.63, 3.8) is 0 Å². The molecule has 1 N–H and O–H groups in total. The minimum Gasteiger partial charge on any atom is -0.489 e. The lowest BCUT2D eigenvalue weighted by Gasteiger charge is -2.20. The van der Waals surface area contributed by atoms with Crippen molar-refractivity contribution in [2.75, 3.05) is 5.32 Å². The van der Waals surface area contributed by atoms with Crippen LogP contribution in [0, 0.1) is 6.92 Å². The van der Waals surface area contributed by atoms with Crippen LogP contribution in [0.2, 0.25) is 0 Å². The van der Waals surface area contributed by atoms with E-state index >= 15 is 0 Å². The molecule has 0 heterocycles. The number of carbonyl (C=O) groups is 1. The predicted octanol–water partition coefficient (Wildman–Crippen LogP) is 7.29. The summed E-state index contributed by atoms with van der Waals surface area (Å²) in [5.74, 6) is 0.619. The summed E-state index contributed by atoms with van der Waals surface area (Å²) in [6.07, 6.45) is 3.32. The first-order chi connectivity index (χ1) is 14.7. The fraction of sp³-hybridized carbons (Fsp3) is 0.222. The number of hydrogen-bond donors (Lipinski definition) is 1. The smallest absolute Gasteiger partial charge is 0.248 e. The van der Waals surface area contributed by atoms with Gasteiger partial charge >= 0.3 is 0 Å². The lowest BCUT2D eigenvalue weighted by atomic mass is 9.87. The molecule has 160 valence electrons. The van der Waals surface area contributed by atoms with E-state index in [1.165, 1.54) is 17.2 Å². The zero-order chi connectivity index (χ0) is 22.4. The molecule has 31 heavy (non-hydrogen) atoms. The van der Waals surface area contributed by atoms with Gasteiger partial charge in [-0.3, -0.25) is 4.79 Å². The highest BCUT2D eigenvalue weighted by Gasteiger charge is 2.15. The Bertz CT molecular complexity index is 1060. The number of benzene rings is 3. The fourth-order valence-corrected chi connectivity index (χ4v) is 3.43. The van der Waals surface area contributed by atoms with Gasteiger partial charge in [-0.15, -0.1) is 0 Å². The van der Waals surface area contributed by atoms with Crippen molar-refractivity contribution in [2.45, 2.75) is 39.7 Å². The summed E-state index contributed by atoms with van der Waals surface area (Å²) in [6, 6.07) is 22.0. The van der Waals surface area contributed by atoms with Gasteiger partial charge in [-0.1, -0.05) is 68.8 Å². The van der Waals surface area contributed by atoms with Crippen molar-refractivity contribution in [3.8, 4) is 5.75 Å². The van der Waals surface area contributed by atoms with Crippen LogP contribution in [0.25, 0.3) is 6.08 Å². The van der Waals surface area contributed by atoms with Gasteiger partial charge in [0.2, 0.25) is 5.91 Å². The average Bonchev–Trinajstić information content (AvgIpc) is 2.73. The minimum atomic E-state index is -0.177. The third-order valence-corrected chi connectivity index (χ3v) is 5.58. The molecule has 0 saturated carbocycles. The lowest BCUT2D eigenvalue weighted by Crippen LogP contribution is -2.12. The quantitative estimate of drug-likeness (QED) is 0.378. The minimum absolute atomic E-state index is 0.0565. The van der Waals surface area contributed by atoms with Gasteiger partial charge in [0.1, 0.15) is 12.4 Å². The molecule has 3 rings (SSSR count). The van der Waals surface area contributed by atoms with Crippen LogP contribution in [0.1, 0.15) is 43.0 Å². The van der Waals surface area contributed by atoms with E-state index in [9.17, 15) is 4.79 Å². The van der Waals surface area contributed by atoms with Crippen LogP contribution in [-0.4, -0.2) is 5.91 Å². The van der Waals surface area contributed by atoms with Crippen LogP contribution in [0.3, 0.4) is 0 Å². The molecule has 1 amide bonds. The maximum Gasteiger partial charge on any atom is 0.248 e. The van der Waals surface area contributed by atoms with Gasteiger partial charge in [-0.25, -0.2) is 0 Å². The number of ether oxygens (including phenoxy) is 1. The molecule has 0 fully saturated rings. The summed E-state index contributed by atoms with van der Waals surface area (Å²) in [5, 5.41) is 2.92. The number of amides is 1. The summed E-state index contributed by atoms with van der Waals surface area (Å²) < 4.78 is 6.70.